The lowest BCUT2D eigenvalue weighted by atomic mass is 10.1. The maximum atomic E-state index is 12.7. The molecule has 2 aromatic carbocycles. The molecule has 0 aromatic heterocycles. The van der Waals surface area contributed by atoms with Gasteiger partial charge in [-0.2, -0.15) is 0 Å². The number of nitrogens with zero attached hydrogens (tertiary/aromatic N) is 2. The van der Waals surface area contributed by atoms with Gasteiger partial charge in [-0.25, -0.2) is 0 Å². The molecular weight excluding hydrogens is 280 g/mol. The molecule has 1 heterocycles. The Balaban J connectivity index is 1.98. The van der Waals surface area contributed by atoms with Gasteiger partial charge in [-0.15, -0.1) is 0 Å². The second-order valence-electron chi connectivity index (χ2n) is 5.58. The van der Waals surface area contributed by atoms with E-state index in [4.69, 9.17) is 0 Å². The number of hydrogen-bond acceptors (Lipinski definition) is 3. The van der Waals surface area contributed by atoms with Crippen molar-refractivity contribution in [3.05, 3.63) is 68.8 Å². The van der Waals surface area contributed by atoms with Gasteiger partial charge >= 0.3 is 0 Å². The third kappa shape index (κ3) is 2.35. The molecular formula is C17H16N2O3. The fourth-order valence-corrected chi connectivity index (χ4v) is 2.72. The predicted molar refractivity (Wildman–Crippen MR) is 84.4 cm³/mol. The van der Waals surface area contributed by atoms with Gasteiger partial charge < -0.3 is 4.90 Å². The average Bonchev–Trinajstić information content (AvgIpc) is 2.92. The molecule has 1 aliphatic rings. The van der Waals surface area contributed by atoms with Crippen LogP contribution in [0.25, 0.3) is 0 Å². The Morgan fingerprint density at radius 1 is 1.14 bits per heavy atom. The molecule has 1 aliphatic heterocycles. The van der Waals surface area contributed by atoms with Crippen LogP contribution in [0.3, 0.4) is 0 Å². The summed E-state index contributed by atoms with van der Waals surface area (Å²) < 4.78 is 0. The van der Waals surface area contributed by atoms with Crippen LogP contribution in [0.4, 0.5) is 11.4 Å². The van der Waals surface area contributed by atoms with Gasteiger partial charge in [0.2, 0.25) is 0 Å². The lowest BCUT2D eigenvalue weighted by Gasteiger charge is -2.18. The normalized spacial score (nSPS) is 13.1. The summed E-state index contributed by atoms with van der Waals surface area (Å²) in [5, 5.41) is 10.9. The average molecular weight is 296 g/mol. The number of rotatable bonds is 2. The van der Waals surface area contributed by atoms with Crippen LogP contribution in [0.15, 0.2) is 36.4 Å². The van der Waals surface area contributed by atoms with Crippen molar-refractivity contribution in [2.75, 3.05) is 11.4 Å². The number of carbonyl (C=O) groups is 1. The van der Waals surface area contributed by atoms with Crippen LogP contribution in [0, 0.1) is 24.0 Å². The van der Waals surface area contributed by atoms with Gasteiger partial charge in [-0.1, -0.05) is 12.1 Å². The minimum absolute atomic E-state index is 0.0125. The summed E-state index contributed by atoms with van der Waals surface area (Å²) >= 11 is 0. The molecule has 112 valence electrons. The Kier molecular flexibility index (Phi) is 3.41. The van der Waals surface area contributed by atoms with Crippen LogP contribution in [0.1, 0.15) is 27.0 Å². The minimum Gasteiger partial charge on any atom is -0.308 e. The first-order chi connectivity index (χ1) is 10.5. The van der Waals surface area contributed by atoms with Crippen molar-refractivity contribution in [1.29, 1.82) is 0 Å². The molecule has 0 aliphatic carbocycles. The van der Waals surface area contributed by atoms with Gasteiger partial charge in [-0.05, 0) is 49.1 Å². The predicted octanol–water partition coefficient (Wildman–Crippen LogP) is 3.41. The summed E-state index contributed by atoms with van der Waals surface area (Å²) in [5.74, 6) is -0.109. The molecule has 0 saturated carbocycles. The molecule has 5 nitrogen and oxygen atoms in total. The fraction of sp³-hybridized carbons (Fsp3) is 0.235. The van der Waals surface area contributed by atoms with Gasteiger partial charge in [0.15, 0.2) is 0 Å². The number of aryl methyl sites for hydroxylation is 2. The number of non-ortho nitro benzene ring substituents is 1. The molecule has 0 saturated heterocycles. The maximum absolute atomic E-state index is 12.7. The molecule has 22 heavy (non-hydrogen) atoms. The highest BCUT2D eigenvalue weighted by molar-refractivity contribution is 6.07. The molecule has 0 radical (unpaired) electrons. The molecule has 1 amide bonds. The molecule has 0 N–H and O–H groups in total. The Bertz CT molecular complexity index is 783. The van der Waals surface area contributed by atoms with Crippen molar-refractivity contribution < 1.29 is 9.72 Å². The maximum Gasteiger partial charge on any atom is 0.271 e. The van der Waals surface area contributed by atoms with Crippen LogP contribution in [0.2, 0.25) is 0 Å². The number of benzene rings is 2. The van der Waals surface area contributed by atoms with Crippen molar-refractivity contribution in [2.24, 2.45) is 0 Å². The highest BCUT2D eigenvalue weighted by atomic mass is 16.6. The third-order valence-electron chi connectivity index (χ3n) is 4.17. The van der Waals surface area contributed by atoms with Gasteiger partial charge in [-0.3, -0.25) is 14.9 Å². The summed E-state index contributed by atoms with van der Waals surface area (Å²) in [7, 11) is 0. The number of carbonyl (C=O) groups excluding carboxylic acids is 1. The van der Waals surface area contributed by atoms with Crippen molar-refractivity contribution >= 4 is 17.3 Å². The van der Waals surface area contributed by atoms with Crippen molar-refractivity contribution in [3.63, 3.8) is 0 Å². The zero-order valence-electron chi connectivity index (χ0n) is 12.5. The van der Waals surface area contributed by atoms with E-state index in [0.717, 1.165) is 23.1 Å². The van der Waals surface area contributed by atoms with Crippen molar-refractivity contribution in [3.8, 4) is 0 Å². The number of nitro groups is 1. The van der Waals surface area contributed by atoms with E-state index in [1.807, 2.05) is 26.0 Å². The van der Waals surface area contributed by atoms with E-state index in [-0.39, 0.29) is 11.6 Å². The van der Waals surface area contributed by atoms with Gasteiger partial charge in [0.05, 0.1) is 10.6 Å². The van der Waals surface area contributed by atoms with Crippen LogP contribution in [-0.4, -0.2) is 17.4 Å². The van der Waals surface area contributed by atoms with E-state index in [9.17, 15) is 14.9 Å². The first kappa shape index (κ1) is 14.3. The SMILES string of the molecule is Cc1ccc(C(=O)N2CCc3ccc([N+](=O)[O-])cc32)cc1C. The first-order valence-electron chi connectivity index (χ1n) is 7.14. The van der Waals surface area contributed by atoms with Crippen LogP contribution < -0.4 is 4.90 Å². The van der Waals surface area contributed by atoms with Crippen molar-refractivity contribution in [2.45, 2.75) is 20.3 Å². The van der Waals surface area contributed by atoms with Gasteiger partial charge in [0.25, 0.3) is 11.6 Å². The minimum atomic E-state index is -0.433. The molecule has 0 bridgehead atoms. The summed E-state index contributed by atoms with van der Waals surface area (Å²) in [5.41, 5.74) is 4.44. The number of nitro benzene ring substituents is 1. The Hall–Kier alpha value is -2.69. The summed E-state index contributed by atoms with van der Waals surface area (Å²) in [4.78, 5) is 24.8. The zero-order valence-corrected chi connectivity index (χ0v) is 12.5. The highest BCUT2D eigenvalue weighted by Crippen LogP contribution is 2.32. The lowest BCUT2D eigenvalue weighted by molar-refractivity contribution is -0.384. The first-order valence-corrected chi connectivity index (χ1v) is 7.14. The third-order valence-corrected chi connectivity index (χ3v) is 4.17. The Morgan fingerprint density at radius 2 is 1.91 bits per heavy atom. The number of fused-ring (bicyclic) bond motifs is 1. The van der Waals surface area contributed by atoms with E-state index >= 15 is 0 Å². The summed E-state index contributed by atoms with van der Waals surface area (Å²) in [6.45, 7) is 4.52. The van der Waals surface area contributed by atoms with E-state index in [2.05, 4.69) is 0 Å². The second kappa shape index (κ2) is 5.26. The standard InChI is InChI=1S/C17H16N2O3/c1-11-3-4-14(9-12(11)2)17(20)18-8-7-13-5-6-15(19(21)22)10-16(13)18/h3-6,9-10H,7-8H2,1-2H3. The van der Waals surface area contributed by atoms with Crippen molar-refractivity contribution in [1.82, 2.24) is 0 Å². The van der Waals surface area contributed by atoms with E-state index in [0.29, 0.717) is 17.8 Å². The molecule has 0 atom stereocenters. The topological polar surface area (TPSA) is 63.5 Å². The van der Waals surface area contributed by atoms with Crippen LogP contribution in [-0.2, 0) is 6.42 Å². The molecule has 2 aromatic rings. The zero-order chi connectivity index (χ0) is 15.9. The summed E-state index contributed by atoms with van der Waals surface area (Å²) in [6, 6.07) is 10.3. The molecule has 5 heteroatoms. The van der Waals surface area contributed by atoms with Gasteiger partial charge in [0, 0.05) is 24.2 Å². The number of anilines is 1. The molecule has 0 spiro atoms. The van der Waals surface area contributed by atoms with E-state index in [1.54, 1.807) is 17.0 Å². The van der Waals surface area contributed by atoms with Gasteiger partial charge in [0.1, 0.15) is 0 Å². The molecule has 0 unspecified atom stereocenters. The Labute approximate surface area is 128 Å². The summed E-state index contributed by atoms with van der Waals surface area (Å²) in [6.07, 6.45) is 0.726. The largest absolute Gasteiger partial charge is 0.308 e. The number of amides is 1. The molecule has 3 rings (SSSR count). The fourth-order valence-electron chi connectivity index (χ4n) is 2.72. The lowest BCUT2D eigenvalue weighted by Crippen LogP contribution is -2.29. The van der Waals surface area contributed by atoms with E-state index in [1.165, 1.54) is 12.1 Å². The number of hydrogen-bond donors (Lipinski definition) is 0. The monoisotopic (exact) mass is 296 g/mol. The Morgan fingerprint density at radius 3 is 2.59 bits per heavy atom. The van der Waals surface area contributed by atoms with Crippen LogP contribution >= 0.6 is 0 Å². The smallest absolute Gasteiger partial charge is 0.271 e. The molecule has 0 fully saturated rings. The van der Waals surface area contributed by atoms with E-state index < -0.39 is 4.92 Å². The highest BCUT2D eigenvalue weighted by Gasteiger charge is 2.27. The second-order valence-corrected chi connectivity index (χ2v) is 5.58. The van der Waals surface area contributed by atoms with Crippen LogP contribution in [0.5, 0.6) is 0 Å². The quantitative estimate of drug-likeness (QED) is 0.630.